The van der Waals surface area contributed by atoms with Crippen LogP contribution in [0.3, 0.4) is 0 Å². The zero-order valence-electron chi connectivity index (χ0n) is 29.2. The zero-order chi connectivity index (χ0) is 35.9. The van der Waals surface area contributed by atoms with E-state index in [-0.39, 0.29) is 0 Å². The number of hydrogen-bond acceptors (Lipinski definition) is 3. The Morgan fingerprint density at radius 2 is 1.06 bits per heavy atom. The van der Waals surface area contributed by atoms with E-state index in [4.69, 9.17) is 15.0 Å². The van der Waals surface area contributed by atoms with Gasteiger partial charge < -0.3 is 4.57 Å². The number of para-hydroxylation sites is 3. The van der Waals surface area contributed by atoms with Crippen molar-refractivity contribution in [3.63, 3.8) is 0 Å². The number of rotatable bonds is 5. The van der Waals surface area contributed by atoms with E-state index in [1.54, 1.807) is 6.20 Å². The Balaban J connectivity index is 1.44. The topological polar surface area (TPSA) is 48.5 Å². The average Bonchev–Trinajstić information content (AvgIpc) is 3.77. The first-order chi connectivity index (χ1) is 26.8. The second kappa shape index (κ2) is 11.6. The third-order valence-electron chi connectivity index (χ3n) is 10.9. The van der Waals surface area contributed by atoms with E-state index < -0.39 is 0 Å². The number of pyridine rings is 1. The van der Waals surface area contributed by atoms with Gasteiger partial charge in [-0.05, 0) is 52.7 Å². The van der Waals surface area contributed by atoms with Gasteiger partial charge in [0, 0.05) is 55.3 Å². The van der Waals surface area contributed by atoms with E-state index in [9.17, 15) is 0 Å². The average molecular weight is 690 g/mol. The van der Waals surface area contributed by atoms with Crippen LogP contribution >= 0.6 is 0 Å². The molecule has 4 heterocycles. The monoisotopic (exact) mass is 689 g/mol. The standard InChI is InChI=1S/C49H31N5/c1-3-32-33(4-2)47-42(37-25-14-16-28-40(37)54(47)49-51-38-26-17-29-50-46(38)45(52-49)30-18-7-5-8-19-30)44-41(32)34-22-11-12-23-35(34)48-43(44)36-24-13-15-27-39(36)53(48)31-20-9-6-10-21-31/h3-29H,1-2H2. The van der Waals surface area contributed by atoms with Crippen molar-refractivity contribution in [3.05, 3.63) is 176 Å². The summed E-state index contributed by atoms with van der Waals surface area (Å²) in [7, 11) is 0. The molecule has 7 aromatic carbocycles. The van der Waals surface area contributed by atoms with Gasteiger partial charge in [0.05, 0.1) is 27.6 Å². The van der Waals surface area contributed by atoms with E-state index in [1.165, 1.54) is 27.1 Å². The third kappa shape index (κ3) is 4.06. The number of aromatic nitrogens is 5. The first kappa shape index (κ1) is 30.3. The van der Waals surface area contributed by atoms with Crippen molar-refractivity contribution < 1.29 is 0 Å². The lowest BCUT2D eigenvalue weighted by Gasteiger charge is -2.18. The molecule has 4 aromatic heterocycles. The van der Waals surface area contributed by atoms with Gasteiger partial charge >= 0.3 is 0 Å². The molecule has 0 spiro atoms. The lowest BCUT2D eigenvalue weighted by molar-refractivity contribution is 1.01. The van der Waals surface area contributed by atoms with Gasteiger partial charge in [-0.3, -0.25) is 9.55 Å². The van der Waals surface area contributed by atoms with Gasteiger partial charge in [-0.1, -0.05) is 135 Å². The summed E-state index contributed by atoms with van der Waals surface area (Å²) in [5.41, 5.74) is 10.7. The van der Waals surface area contributed by atoms with Crippen LogP contribution in [0.2, 0.25) is 0 Å². The second-order valence-corrected chi connectivity index (χ2v) is 13.6. The van der Waals surface area contributed by atoms with Crippen LogP contribution in [0.1, 0.15) is 11.1 Å². The van der Waals surface area contributed by atoms with Crippen LogP contribution in [0.15, 0.2) is 165 Å². The summed E-state index contributed by atoms with van der Waals surface area (Å²) >= 11 is 0. The quantitative estimate of drug-likeness (QED) is 0.169. The molecule has 5 nitrogen and oxygen atoms in total. The van der Waals surface area contributed by atoms with E-state index >= 15 is 0 Å². The Labute approximate surface area is 310 Å². The molecular formula is C49H31N5. The largest absolute Gasteiger partial charge is 0.309 e. The molecule has 54 heavy (non-hydrogen) atoms. The molecule has 0 aliphatic rings. The zero-order valence-corrected chi connectivity index (χ0v) is 29.2. The Morgan fingerprint density at radius 3 is 1.76 bits per heavy atom. The summed E-state index contributed by atoms with van der Waals surface area (Å²) in [5, 5.41) is 9.29. The molecule has 0 radical (unpaired) electrons. The minimum atomic E-state index is 0.571. The molecule has 11 aromatic rings. The number of fused-ring (bicyclic) bond motifs is 13. The van der Waals surface area contributed by atoms with Crippen LogP contribution in [0.4, 0.5) is 0 Å². The van der Waals surface area contributed by atoms with Crippen molar-refractivity contribution >= 4 is 88.3 Å². The van der Waals surface area contributed by atoms with Crippen molar-refractivity contribution in [2.45, 2.75) is 0 Å². The molecule has 0 aliphatic heterocycles. The first-order valence-corrected chi connectivity index (χ1v) is 18.1. The molecule has 0 unspecified atom stereocenters. The van der Waals surface area contributed by atoms with E-state index in [0.29, 0.717) is 5.95 Å². The highest BCUT2D eigenvalue weighted by Gasteiger charge is 2.27. The molecule has 0 atom stereocenters. The summed E-state index contributed by atoms with van der Waals surface area (Å²) in [4.78, 5) is 15.4. The Bertz CT molecular complexity index is 3350. The summed E-state index contributed by atoms with van der Waals surface area (Å²) in [5.74, 6) is 0.571. The first-order valence-electron chi connectivity index (χ1n) is 18.1. The summed E-state index contributed by atoms with van der Waals surface area (Å²) in [6.07, 6.45) is 5.77. The molecule has 0 saturated heterocycles. The fourth-order valence-electron chi connectivity index (χ4n) is 8.78. The van der Waals surface area contributed by atoms with Gasteiger partial charge in [-0.2, -0.15) is 0 Å². The fraction of sp³-hybridized carbons (Fsp3) is 0. The van der Waals surface area contributed by atoms with Crippen LogP contribution in [0, 0.1) is 0 Å². The smallest absolute Gasteiger partial charge is 0.235 e. The van der Waals surface area contributed by atoms with Gasteiger partial charge in [0.1, 0.15) is 11.2 Å². The molecular weight excluding hydrogens is 659 g/mol. The predicted octanol–water partition coefficient (Wildman–Crippen LogP) is 12.5. The highest BCUT2D eigenvalue weighted by molar-refractivity contribution is 6.41. The van der Waals surface area contributed by atoms with Crippen molar-refractivity contribution in [2.24, 2.45) is 0 Å². The lowest BCUT2D eigenvalue weighted by Crippen LogP contribution is -2.05. The van der Waals surface area contributed by atoms with Crippen molar-refractivity contribution in [2.75, 3.05) is 0 Å². The Morgan fingerprint density at radius 1 is 0.463 bits per heavy atom. The molecule has 252 valence electrons. The van der Waals surface area contributed by atoms with E-state index in [0.717, 1.165) is 77.2 Å². The molecule has 11 rings (SSSR count). The summed E-state index contributed by atoms with van der Waals surface area (Å²) < 4.78 is 4.66. The number of hydrogen-bond donors (Lipinski definition) is 0. The minimum Gasteiger partial charge on any atom is -0.309 e. The molecule has 5 heteroatoms. The fourth-order valence-corrected chi connectivity index (χ4v) is 8.78. The summed E-state index contributed by atoms with van der Waals surface area (Å²) in [6, 6.07) is 51.1. The van der Waals surface area contributed by atoms with Gasteiger partial charge in [-0.25, -0.2) is 9.97 Å². The van der Waals surface area contributed by atoms with Crippen LogP contribution < -0.4 is 0 Å². The lowest BCUT2D eigenvalue weighted by atomic mass is 9.87. The highest BCUT2D eigenvalue weighted by atomic mass is 15.2. The maximum atomic E-state index is 5.36. The molecule has 0 fully saturated rings. The SMILES string of the molecule is C=Cc1c(C=C)c2c(c3ccccc3n2-c2nc(-c3ccccc3)c3ncccc3n2)c2c1c1ccccc1c1c2c2ccccc2n1-c1ccccc1. The normalized spacial score (nSPS) is 11.9. The number of benzene rings is 7. The Kier molecular flexibility index (Phi) is 6.49. The van der Waals surface area contributed by atoms with Gasteiger partial charge in [0.25, 0.3) is 0 Å². The molecule has 0 amide bonds. The van der Waals surface area contributed by atoms with Gasteiger partial charge in [0.2, 0.25) is 5.95 Å². The maximum Gasteiger partial charge on any atom is 0.235 e. The Hall–Kier alpha value is -7.37. The highest BCUT2D eigenvalue weighted by Crippen LogP contribution is 2.50. The maximum absolute atomic E-state index is 5.36. The van der Waals surface area contributed by atoms with Crippen LogP contribution in [-0.4, -0.2) is 24.1 Å². The van der Waals surface area contributed by atoms with Gasteiger partial charge in [0.15, 0.2) is 0 Å². The van der Waals surface area contributed by atoms with Gasteiger partial charge in [-0.15, -0.1) is 0 Å². The molecule has 0 N–H and O–H groups in total. The summed E-state index contributed by atoms with van der Waals surface area (Å²) in [6.45, 7) is 8.88. The van der Waals surface area contributed by atoms with Crippen molar-refractivity contribution in [1.82, 2.24) is 24.1 Å². The van der Waals surface area contributed by atoms with Crippen LogP contribution in [-0.2, 0) is 0 Å². The predicted molar refractivity (Wildman–Crippen MR) is 227 cm³/mol. The van der Waals surface area contributed by atoms with Crippen molar-refractivity contribution in [3.8, 4) is 22.9 Å². The molecule has 0 aliphatic carbocycles. The van der Waals surface area contributed by atoms with Crippen LogP contribution in [0.25, 0.3) is 111 Å². The molecule has 0 saturated carbocycles. The number of nitrogens with zero attached hydrogens (tertiary/aromatic N) is 5. The second-order valence-electron chi connectivity index (χ2n) is 13.6. The third-order valence-corrected chi connectivity index (χ3v) is 10.9. The molecule has 0 bridgehead atoms. The van der Waals surface area contributed by atoms with E-state index in [1.807, 2.05) is 42.5 Å². The van der Waals surface area contributed by atoms with E-state index in [2.05, 4.69) is 138 Å². The van der Waals surface area contributed by atoms with Crippen molar-refractivity contribution in [1.29, 1.82) is 0 Å². The minimum absolute atomic E-state index is 0.571. The van der Waals surface area contributed by atoms with Crippen LogP contribution in [0.5, 0.6) is 0 Å².